The van der Waals surface area contributed by atoms with Gasteiger partial charge in [0.1, 0.15) is 52.3 Å². The van der Waals surface area contributed by atoms with E-state index in [0.29, 0.717) is 5.56 Å². The number of phenolic OH excluding ortho intramolecular Hbond substituents is 2. The molecule has 6 N–H and O–H groups in total. The maximum Gasteiger partial charge on any atom is 0.335 e. The molecule has 4 rings (SSSR count). The molecule has 1 unspecified atom stereocenters. The topological polar surface area (TPSA) is 187 Å². The van der Waals surface area contributed by atoms with Crippen molar-refractivity contribution >= 4 is 16.9 Å². The quantitative estimate of drug-likeness (QED) is 0.320. The molecule has 0 spiro atoms. The number of benzene rings is 2. The Morgan fingerprint density at radius 3 is 2.25 bits per heavy atom. The second-order valence-electron chi connectivity index (χ2n) is 7.19. The molecule has 1 saturated heterocycles. The maximum absolute atomic E-state index is 12.8. The number of aliphatic carboxylic acids is 1. The first-order valence-corrected chi connectivity index (χ1v) is 9.35. The van der Waals surface area contributed by atoms with Crippen LogP contribution in [0.25, 0.3) is 22.3 Å². The van der Waals surface area contributed by atoms with Crippen LogP contribution in [0, 0.1) is 0 Å². The van der Waals surface area contributed by atoms with Crippen molar-refractivity contribution in [2.24, 2.45) is 0 Å². The first-order chi connectivity index (χ1) is 15.2. The van der Waals surface area contributed by atoms with Crippen LogP contribution in [-0.2, 0) is 9.53 Å². The minimum Gasteiger partial charge on any atom is -0.508 e. The van der Waals surface area contributed by atoms with E-state index < -0.39 is 42.1 Å². The molecule has 0 radical (unpaired) electrons. The normalized spacial score (nSPS) is 25.5. The zero-order valence-corrected chi connectivity index (χ0v) is 16.2. The molecule has 0 saturated carbocycles. The molecule has 11 heteroatoms. The molecule has 1 aliphatic heterocycles. The lowest BCUT2D eigenvalue weighted by molar-refractivity contribution is -0.270. The first kappa shape index (κ1) is 21.6. The lowest BCUT2D eigenvalue weighted by Crippen LogP contribution is -2.61. The van der Waals surface area contributed by atoms with E-state index in [1.165, 1.54) is 24.3 Å². The van der Waals surface area contributed by atoms with E-state index in [2.05, 4.69) is 0 Å². The zero-order chi connectivity index (χ0) is 23.2. The number of carboxylic acids is 1. The number of fused-ring (bicyclic) bond motifs is 1. The van der Waals surface area contributed by atoms with Crippen LogP contribution in [0.3, 0.4) is 0 Å². The van der Waals surface area contributed by atoms with Gasteiger partial charge >= 0.3 is 5.97 Å². The Morgan fingerprint density at radius 2 is 1.59 bits per heavy atom. The molecule has 1 fully saturated rings. The third kappa shape index (κ3) is 3.85. The van der Waals surface area contributed by atoms with Crippen molar-refractivity contribution in [2.45, 2.75) is 30.7 Å². The van der Waals surface area contributed by atoms with Crippen LogP contribution >= 0.6 is 0 Å². The average Bonchev–Trinajstić information content (AvgIpc) is 2.73. The highest BCUT2D eigenvalue weighted by molar-refractivity contribution is 5.86. The Kier molecular flexibility index (Phi) is 5.48. The van der Waals surface area contributed by atoms with Gasteiger partial charge in [-0.1, -0.05) is 0 Å². The number of aliphatic hydroxyl groups is 3. The molecule has 11 nitrogen and oxygen atoms in total. The summed E-state index contributed by atoms with van der Waals surface area (Å²) in [4.78, 5) is 24.1. The number of carbonyl (C=O) groups is 1. The zero-order valence-electron chi connectivity index (χ0n) is 16.2. The molecule has 0 aliphatic carbocycles. The Hall–Kier alpha value is -3.64. The molecule has 0 bridgehead atoms. The Bertz CT molecular complexity index is 1220. The van der Waals surface area contributed by atoms with Gasteiger partial charge in [-0.3, -0.25) is 4.79 Å². The predicted octanol–water partition coefficient (Wildman–Crippen LogP) is 0.142. The van der Waals surface area contributed by atoms with Crippen molar-refractivity contribution in [2.75, 3.05) is 0 Å². The maximum atomic E-state index is 12.8. The van der Waals surface area contributed by atoms with Gasteiger partial charge in [0.2, 0.25) is 6.29 Å². The van der Waals surface area contributed by atoms with Gasteiger partial charge in [-0.25, -0.2) is 4.79 Å². The molecule has 2 aromatic carbocycles. The van der Waals surface area contributed by atoms with Crippen LogP contribution in [0.2, 0.25) is 0 Å². The van der Waals surface area contributed by atoms with E-state index in [1.54, 1.807) is 0 Å². The van der Waals surface area contributed by atoms with Crippen molar-refractivity contribution in [1.29, 1.82) is 0 Å². The molecule has 1 aromatic heterocycles. The highest BCUT2D eigenvalue weighted by Crippen LogP contribution is 2.34. The van der Waals surface area contributed by atoms with E-state index >= 15 is 0 Å². The lowest BCUT2D eigenvalue weighted by atomic mass is 9.99. The minimum absolute atomic E-state index is 0.0169. The summed E-state index contributed by atoms with van der Waals surface area (Å²) in [5, 5.41) is 58.4. The number of rotatable bonds is 4. The van der Waals surface area contributed by atoms with Gasteiger partial charge < -0.3 is 44.5 Å². The van der Waals surface area contributed by atoms with Crippen molar-refractivity contribution in [1.82, 2.24) is 0 Å². The van der Waals surface area contributed by atoms with E-state index in [0.717, 1.165) is 18.2 Å². The third-order valence-corrected chi connectivity index (χ3v) is 4.99. The Morgan fingerprint density at radius 1 is 0.906 bits per heavy atom. The number of carboxylic acid groups (broad SMARTS) is 1. The monoisotopic (exact) mass is 446 g/mol. The molecule has 3 aromatic rings. The SMILES string of the molecule is O=C(O)[C@H]1OC(Oc2cc(O)cc3oc(-c4ccc(O)cc4)cc(=O)c23)[C@H](O)[C@@H](O)[C@@H]1O. The van der Waals surface area contributed by atoms with Crippen LogP contribution in [-0.4, -0.2) is 67.3 Å². The number of aromatic hydroxyl groups is 2. The number of ether oxygens (including phenoxy) is 2. The summed E-state index contributed by atoms with van der Waals surface area (Å²) < 4.78 is 16.2. The molecule has 168 valence electrons. The molecular weight excluding hydrogens is 428 g/mol. The van der Waals surface area contributed by atoms with Crippen molar-refractivity contribution in [3.8, 4) is 28.6 Å². The van der Waals surface area contributed by atoms with E-state index in [9.17, 15) is 35.1 Å². The fourth-order valence-electron chi connectivity index (χ4n) is 3.37. The molecule has 0 amide bonds. The van der Waals surface area contributed by atoms with Crippen molar-refractivity contribution in [3.63, 3.8) is 0 Å². The minimum atomic E-state index is -1.92. The Labute approximate surface area is 178 Å². The van der Waals surface area contributed by atoms with E-state index in [4.69, 9.17) is 19.0 Å². The summed E-state index contributed by atoms with van der Waals surface area (Å²) in [6.07, 6.45) is -9.37. The van der Waals surface area contributed by atoms with Gasteiger partial charge in [0.05, 0.1) is 0 Å². The van der Waals surface area contributed by atoms with Crippen LogP contribution in [0.1, 0.15) is 0 Å². The summed E-state index contributed by atoms with van der Waals surface area (Å²) >= 11 is 0. The summed E-state index contributed by atoms with van der Waals surface area (Å²) in [7, 11) is 0. The number of hydrogen-bond acceptors (Lipinski definition) is 10. The second kappa shape index (κ2) is 8.13. The summed E-state index contributed by atoms with van der Waals surface area (Å²) in [5.74, 6) is -2.13. The molecular formula is C21H18O11. The summed E-state index contributed by atoms with van der Waals surface area (Å²) in [6, 6.07) is 9.17. The lowest BCUT2D eigenvalue weighted by Gasteiger charge is -2.38. The van der Waals surface area contributed by atoms with Gasteiger partial charge in [-0.05, 0) is 24.3 Å². The van der Waals surface area contributed by atoms with Gasteiger partial charge in [0, 0.05) is 23.8 Å². The van der Waals surface area contributed by atoms with Crippen LogP contribution in [0.15, 0.2) is 51.7 Å². The third-order valence-electron chi connectivity index (χ3n) is 4.99. The van der Waals surface area contributed by atoms with Gasteiger partial charge in [-0.15, -0.1) is 0 Å². The first-order valence-electron chi connectivity index (χ1n) is 9.35. The molecule has 32 heavy (non-hydrogen) atoms. The van der Waals surface area contributed by atoms with Gasteiger partial charge in [0.25, 0.3) is 0 Å². The van der Waals surface area contributed by atoms with Crippen molar-refractivity contribution in [3.05, 3.63) is 52.7 Å². The number of aliphatic hydroxyl groups excluding tert-OH is 3. The van der Waals surface area contributed by atoms with Gasteiger partial charge in [0.15, 0.2) is 11.5 Å². The number of phenols is 2. The van der Waals surface area contributed by atoms with Crippen LogP contribution in [0.5, 0.6) is 17.2 Å². The van der Waals surface area contributed by atoms with Crippen LogP contribution in [0.4, 0.5) is 0 Å². The highest BCUT2D eigenvalue weighted by Gasteiger charge is 2.48. The molecule has 2 heterocycles. The standard InChI is InChI=1S/C21H18O11/c22-9-3-1-8(2-4-9)12-7-11(24)15-13(30-12)5-10(23)6-14(15)31-21-18(27)16(25)17(26)19(32-21)20(28)29/h1-7,16-19,21-23,25-27H,(H,28,29)/t16-,17-,18+,19-,21?/m0/s1. The Balaban J connectivity index is 1.75. The fourth-order valence-corrected chi connectivity index (χ4v) is 3.37. The summed E-state index contributed by atoms with van der Waals surface area (Å²) in [5.41, 5.74) is -0.207. The molecule has 5 atom stereocenters. The molecule has 1 aliphatic rings. The van der Waals surface area contributed by atoms with Crippen molar-refractivity contribution < 1.29 is 49.3 Å². The fraction of sp³-hybridized carbons (Fsp3) is 0.238. The van der Waals surface area contributed by atoms with E-state index in [1.807, 2.05) is 0 Å². The second-order valence-corrected chi connectivity index (χ2v) is 7.19. The van der Waals surface area contributed by atoms with E-state index in [-0.39, 0.29) is 34.0 Å². The largest absolute Gasteiger partial charge is 0.508 e. The van der Waals surface area contributed by atoms with Gasteiger partial charge in [-0.2, -0.15) is 0 Å². The van der Waals surface area contributed by atoms with Crippen LogP contribution < -0.4 is 10.2 Å². The average molecular weight is 446 g/mol. The smallest absolute Gasteiger partial charge is 0.335 e. The summed E-state index contributed by atoms with van der Waals surface area (Å²) in [6.45, 7) is 0. The highest BCUT2D eigenvalue weighted by atomic mass is 16.7. The number of hydrogen-bond donors (Lipinski definition) is 6. The predicted molar refractivity (Wildman–Crippen MR) is 106 cm³/mol.